The Labute approximate surface area is 386 Å². The molecule has 13 nitrogen and oxygen atoms in total. The number of unbranched alkanes of at least 4 members (excludes halogenated alkanes) is 9. The maximum Gasteiger partial charge on any atom is 0.527 e. The fourth-order valence-electron chi connectivity index (χ4n) is 7.01. The van der Waals surface area contributed by atoms with Crippen LogP contribution >= 0.6 is 19.4 Å². The minimum absolute atomic E-state index is 0.113. The zero-order chi connectivity index (χ0) is 46.8. The number of phosphoric ester groups is 1. The average Bonchev–Trinajstić information content (AvgIpc) is 3.67. The van der Waals surface area contributed by atoms with E-state index in [1.807, 2.05) is 60.8 Å². The first-order chi connectivity index (χ1) is 30.6. The van der Waals surface area contributed by atoms with Gasteiger partial charge in [-0.15, -0.1) is 0 Å². The van der Waals surface area contributed by atoms with E-state index in [4.69, 9.17) is 25.4 Å². The van der Waals surface area contributed by atoms with E-state index in [1.165, 1.54) is 25.7 Å². The Morgan fingerprint density at radius 3 is 1.91 bits per heavy atom. The fraction of sp³-hybridized carbons (Fsp3) is 0.531. The summed E-state index contributed by atoms with van der Waals surface area (Å²) in [5.41, 5.74) is 1.94. The topological polar surface area (TPSA) is 171 Å². The van der Waals surface area contributed by atoms with Gasteiger partial charge in [0.25, 0.3) is 0 Å². The van der Waals surface area contributed by atoms with Crippen molar-refractivity contribution in [3.63, 3.8) is 0 Å². The molecule has 0 radical (unpaired) electrons. The third-order valence-corrected chi connectivity index (χ3v) is 11.8. The molecule has 354 valence electrons. The van der Waals surface area contributed by atoms with Gasteiger partial charge in [-0.05, 0) is 82.6 Å². The lowest BCUT2D eigenvalue weighted by Gasteiger charge is -2.25. The number of H-pyrrole nitrogens is 1. The van der Waals surface area contributed by atoms with E-state index in [9.17, 15) is 23.8 Å². The predicted octanol–water partition coefficient (Wildman–Crippen LogP) is 10.5. The van der Waals surface area contributed by atoms with Crippen molar-refractivity contribution in [2.45, 2.75) is 136 Å². The minimum atomic E-state index is -4.23. The standard InChI is InChI=1S/C43H58ClN4O8P.C6H15N/c1-43(2,3)55-42(51)48-37(29-32-21-13-12-14-22-32)41(50)47-38(30-33-31-46-36-25-17-15-23-34(33)36)40(49)45-27-19-10-8-6-4-5-7-9-11-20-28-54-57(52,53)56-39-26-18-16-24-35(39)44;1-4-7(5-2)6-3/h12-18,21-26,31,37-38,46H,4-11,19-20,27-30H2,1-3H3,(H,45,49)(H,47,50)(H,48,51)(H,52,53);4-6H2,1-3H3/t37-,38-;/m1./s1. The molecule has 64 heavy (non-hydrogen) atoms. The van der Waals surface area contributed by atoms with Crippen molar-refractivity contribution in [3.05, 3.63) is 101 Å². The lowest BCUT2D eigenvalue weighted by Crippen LogP contribution is -2.55. The molecule has 3 atom stereocenters. The first-order valence-corrected chi connectivity index (χ1v) is 24.8. The van der Waals surface area contributed by atoms with Gasteiger partial charge in [0.1, 0.15) is 23.4 Å². The monoisotopic (exact) mass is 925 g/mol. The molecule has 5 N–H and O–H groups in total. The highest BCUT2D eigenvalue weighted by Crippen LogP contribution is 2.45. The van der Waals surface area contributed by atoms with Crippen molar-refractivity contribution < 1.29 is 37.6 Å². The Kier molecular flexibility index (Phi) is 24.6. The molecule has 0 bridgehead atoms. The molecule has 1 aromatic heterocycles. The SMILES string of the molecule is CC(C)(C)OC(=O)N[C@H](Cc1ccccc1)C(=O)N[C@H](Cc1c[nH]c2ccccc12)C(=O)NCCCCCCCCCCCCOP(=O)(O)Oc1ccccc1Cl.CCN(CC)CC. The molecule has 0 fully saturated rings. The van der Waals surface area contributed by atoms with Crippen LogP contribution in [0.1, 0.15) is 117 Å². The van der Waals surface area contributed by atoms with Gasteiger partial charge in [0, 0.05) is 36.5 Å². The smallest absolute Gasteiger partial charge is 0.444 e. The number of alkyl carbamates (subject to hydrolysis) is 1. The number of hydrogen-bond donors (Lipinski definition) is 5. The zero-order valence-corrected chi connectivity index (χ0v) is 40.5. The molecule has 0 aliphatic heterocycles. The molecule has 0 saturated carbocycles. The van der Waals surface area contributed by atoms with Gasteiger partial charge in [0.15, 0.2) is 0 Å². The van der Waals surface area contributed by atoms with Crippen LogP contribution in [0.15, 0.2) is 85.1 Å². The summed E-state index contributed by atoms with van der Waals surface area (Å²) >= 11 is 5.98. The number of hydrogen-bond acceptors (Lipinski definition) is 8. The third kappa shape index (κ3) is 21.5. The normalized spacial score (nSPS) is 13.3. The van der Waals surface area contributed by atoms with Gasteiger partial charge >= 0.3 is 13.9 Å². The Balaban J connectivity index is 0.00000143. The highest BCUT2D eigenvalue weighted by atomic mass is 35.5. The number of rotatable bonds is 27. The van der Waals surface area contributed by atoms with Crippen molar-refractivity contribution in [1.29, 1.82) is 0 Å². The number of nitrogens with zero attached hydrogens (tertiary/aromatic N) is 1. The number of ether oxygens (including phenoxy) is 1. The average molecular weight is 927 g/mol. The van der Waals surface area contributed by atoms with Gasteiger partial charge in [-0.2, -0.15) is 0 Å². The van der Waals surface area contributed by atoms with Crippen molar-refractivity contribution in [2.24, 2.45) is 0 Å². The van der Waals surface area contributed by atoms with Crippen molar-refractivity contribution in [1.82, 2.24) is 25.8 Å². The number of carbonyl (C=O) groups is 3. The summed E-state index contributed by atoms with van der Waals surface area (Å²) in [7, 11) is -4.23. The van der Waals surface area contributed by atoms with Crippen molar-refractivity contribution >= 4 is 48.2 Å². The molecule has 4 aromatic rings. The maximum atomic E-state index is 13.8. The Morgan fingerprint density at radius 2 is 1.30 bits per heavy atom. The number of halogens is 1. The van der Waals surface area contributed by atoms with Crippen LogP contribution in [-0.2, 0) is 36.3 Å². The molecule has 1 unspecified atom stereocenters. The number of carbonyl (C=O) groups excluding carboxylic acids is 3. The molecular weight excluding hydrogens is 853 g/mol. The van der Waals surface area contributed by atoms with E-state index in [0.717, 1.165) is 79.8 Å². The molecular formula is C49H73ClN5O8P. The summed E-state index contributed by atoms with van der Waals surface area (Å²) in [6.45, 7) is 16.0. The van der Waals surface area contributed by atoms with Gasteiger partial charge < -0.3 is 35.1 Å². The number of amides is 3. The number of fused-ring (bicyclic) bond motifs is 1. The minimum Gasteiger partial charge on any atom is -0.444 e. The van der Waals surface area contributed by atoms with Crippen LogP contribution in [0.25, 0.3) is 10.9 Å². The van der Waals surface area contributed by atoms with Crippen molar-refractivity contribution in [3.8, 4) is 5.75 Å². The van der Waals surface area contributed by atoms with Gasteiger partial charge in [-0.25, -0.2) is 9.36 Å². The summed E-state index contributed by atoms with van der Waals surface area (Å²) in [6.07, 6.45) is 11.4. The number of para-hydroxylation sites is 2. The number of aromatic nitrogens is 1. The number of nitrogens with one attached hydrogen (secondary N) is 4. The van der Waals surface area contributed by atoms with E-state index in [2.05, 4.69) is 46.6 Å². The first-order valence-electron chi connectivity index (χ1n) is 22.9. The molecule has 3 aromatic carbocycles. The second kappa shape index (κ2) is 29.2. The van der Waals surface area contributed by atoms with Gasteiger partial charge in [-0.3, -0.25) is 19.0 Å². The van der Waals surface area contributed by atoms with Crippen LogP contribution in [0, 0.1) is 0 Å². The number of phosphoric acid groups is 1. The van der Waals surface area contributed by atoms with Gasteiger partial charge in [-0.1, -0.05) is 144 Å². The fourth-order valence-corrected chi connectivity index (χ4v) is 8.06. The second-order valence-corrected chi connectivity index (χ2v) is 18.6. The number of benzene rings is 3. The highest BCUT2D eigenvalue weighted by molar-refractivity contribution is 7.47. The maximum absolute atomic E-state index is 13.8. The largest absolute Gasteiger partial charge is 0.527 e. The molecule has 0 spiro atoms. The third-order valence-electron chi connectivity index (χ3n) is 10.5. The van der Waals surface area contributed by atoms with Crippen LogP contribution in [0.4, 0.5) is 4.79 Å². The van der Waals surface area contributed by atoms with Gasteiger partial charge in [0.2, 0.25) is 11.8 Å². The zero-order valence-electron chi connectivity index (χ0n) is 38.8. The Hall–Kier alpha value is -4.39. The predicted molar refractivity (Wildman–Crippen MR) is 258 cm³/mol. The molecule has 4 rings (SSSR count). The molecule has 15 heteroatoms. The Bertz CT molecular complexity index is 2000. The first kappa shape index (κ1) is 53.9. The number of aromatic amines is 1. The van der Waals surface area contributed by atoms with E-state index < -0.39 is 37.5 Å². The van der Waals surface area contributed by atoms with E-state index in [-0.39, 0.29) is 36.1 Å². The van der Waals surface area contributed by atoms with Crippen molar-refractivity contribution in [2.75, 3.05) is 32.8 Å². The molecule has 0 aliphatic rings. The summed E-state index contributed by atoms with van der Waals surface area (Å²) in [4.78, 5) is 55.9. The summed E-state index contributed by atoms with van der Waals surface area (Å²) < 4.78 is 27.8. The molecule has 0 saturated heterocycles. The van der Waals surface area contributed by atoms with Gasteiger partial charge in [0.05, 0.1) is 11.6 Å². The Morgan fingerprint density at radius 1 is 0.734 bits per heavy atom. The quantitative estimate of drug-likeness (QED) is 0.0288. The summed E-state index contributed by atoms with van der Waals surface area (Å²) in [5, 5.41) is 9.92. The molecule has 1 heterocycles. The lowest BCUT2D eigenvalue weighted by atomic mass is 10.0. The van der Waals surface area contributed by atoms with Crippen LogP contribution in [0.3, 0.4) is 0 Å². The van der Waals surface area contributed by atoms with E-state index >= 15 is 0 Å². The van der Waals surface area contributed by atoms with E-state index in [0.29, 0.717) is 13.0 Å². The summed E-state index contributed by atoms with van der Waals surface area (Å²) in [5.74, 6) is -0.653. The summed E-state index contributed by atoms with van der Waals surface area (Å²) in [6, 6.07) is 21.8. The van der Waals surface area contributed by atoms with Crippen LogP contribution in [-0.4, -0.2) is 83.2 Å². The molecule has 0 aliphatic carbocycles. The van der Waals surface area contributed by atoms with Crippen LogP contribution < -0.4 is 20.5 Å². The van der Waals surface area contributed by atoms with Crippen LogP contribution in [0.2, 0.25) is 5.02 Å². The lowest BCUT2D eigenvalue weighted by molar-refractivity contribution is -0.130. The molecule has 3 amide bonds. The highest BCUT2D eigenvalue weighted by Gasteiger charge is 2.29. The second-order valence-electron chi connectivity index (χ2n) is 16.8. The van der Waals surface area contributed by atoms with E-state index in [1.54, 1.807) is 39.0 Å². The van der Waals surface area contributed by atoms with Crippen LogP contribution in [0.5, 0.6) is 5.75 Å².